The van der Waals surface area contributed by atoms with Gasteiger partial charge in [0, 0.05) is 24.9 Å². The molecular weight excluding hydrogens is 228 g/mol. The lowest BCUT2D eigenvalue weighted by Crippen LogP contribution is -2.39. The summed E-state index contributed by atoms with van der Waals surface area (Å²) in [5.74, 6) is -0.121. The number of anilines is 1. The van der Waals surface area contributed by atoms with Crippen molar-refractivity contribution in [2.75, 3.05) is 19.4 Å². The Morgan fingerprint density at radius 2 is 1.94 bits per heavy atom. The summed E-state index contributed by atoms with van der Waals surface area (Å²) in [6, 6.07) is 3.64. The van der Waals surface area contributed by atoms with Crippen LogP contribution in [0.5, 0.6) is 0 Å². The van der Waals surface area contributed by atoms with Gasteiger partial charge in [0.1, 0.15) is 0 Å². The van der Waals surface area contributed by atoms with Gasteiger partial charge in [0.05, 0.1) is 5.60 Å². The molecule has 0 saturated heterocycles. The van der Waals surface area contributed by atoms with Gasteiger partial charge >= 0.3 is 0 Å². The minimum Gasteiger partial charge on any atom is -0.398 e. The molecule has 0 aliphatic carbocycles. The molecule has 1 amide bonds. The number of carbonyl (C=O) groups excluding carboxylic acids is 1. The number of ether oxygens (including phenoxy) is 1. The molecule has 0 aliphatic heterocycles. The second-order valence-electron chi connectivity index (χ2n) is 5.17. The number of amides is 1. The number of nitrogens with two attached hydrogens (primary N) is 1. The van der Waals surface area contributed by atoms with Crippen molar-refractivity contribution in [3.8, 4) is 0 Å². The Labute approximate surface area is 109 Å². The lowest BCUT2D eigenvalue weighted by Gasteiger charge is -2.23. The van der Waals surface area contributed by atoms with Gasteiger partial charge in [-0.2, -0.15) is 0 Å². The molecule has 0 heterocycles. The monoisotopic (exact) mass is 250 g/mol. The second-order valence-corrected chi connectivity index (χ2v) is 5.17. The highest BCUT2D eigenvalue weighted by atomic mass is 16.5. The van der Waals surface area contributed by atoms with Crippen LogP contribution in [0, 0.1) is 13.8 Å². The number of hydrogen-bond acceptors (Lipinski definition) is 3. The molecule has 0 bridgehead atoms. The predicted molar refractivity (Wildman–Crippen MR) is 73.7 cm³/mol. The summed E-state index contributed by atoms with van der Waals surface area (Å²) in [7, 11) is 1.63. The van der Waals surface area contributed by atoms with Crippen molar-refractivity contribution in [1.29, 1.82) is 0 Å². The van der Waals surface area contributed by atoms with Crippen LogP contribution >= 0.6 is 0 Å². The molecule has 1 aromatic rings. The van der Waals surface area contributed by atoms with E-state index in [1.165, 1.54) is 0 Å². The highest BCUT2D eigenvalue weighted by Gasteiger charge is 2.18. The number of methoxy groups -OCH3 is 1. The van der Waals surface area contributed by atoms with Crippen LogP contribution in [0.2, 0.25) is 0 Å². The number of benzene rings is 1. The Morgan fingerprint density at radius 3 is 2.50 bits per heavy atom. The number of nitrogen functional groups attached to an aromatic ring is 1. The van der Waals surface area contributed by atoms with Crippen molar-refractivity contribution in [3.05, 3.63) is 28.8 Å². The summed E-state index contributed by atoms with van der Waals surface area (Å²) in [6.45, 7) is 8.13. The Hall–Kier alpha value is -1.55. The van der Waals surface area contributed by atoms with Crippen LogP contribution < -0.4 is 11.1 Å². The number of rotatable bonds is 4. The van der Waals surface area contributed by atoms with Crippen molar-refractivity contribution >= 4 is 11.6 Å². The SMILES string of the molecule is COC(C)(C)CNC(=O)c1cc(N)c(C)cc1C. The van der Waals surface area contributed by atoms with Gasteiger partial charge in [-0.25, -0.2) is 0 Å². The largest absolute Gasteiger partial charge is 0.398 e. The highest BCUT2D eigenvalue weighted by molar-refractivity contribution is 5.96. The van der Waals surface area contributed by atoms with E-state index in [1.54, 1.807) is 13.2 Å². The van der Waals surface area contributed by atoms with E-state index in [0.717, 1.165) is 11.1 Å². The summed E-state index contributed by atoms with van der Waals surface area (Å²) in [5, 5.41) is 2.86. The molecule has 4 heteroatoms. The summed E-state index contributed by atoms with van der Waals surface area (Å²) in [4.78, 5) is 12.1. The molecule has 1 rings (SSSR count). The molecule has 0 spiro atoms. The molecule has 0 aliphatic rings. The van der Waals surface area contributed by atoms with Gasteiger partial charge in [0.15, 0.2) is 0 Å². The van der Waals surface area contributed by atoms with E-state index < -0.39 is 0 Å². The molecule has 0 fully saturated rings. The summed E-state index contributed by atoms with van der Waals surface area (Å²) in [6.07, 6.45) is 0. The summed E-state index contributed by atoms with van der Waals surface area (Å²) < 4.78 is 5.26. The third-order valence-electron chi connectivity index (χ3n) is 3.08. The third-order valence-corrected chi connectivity index (χ3v) is 3.08. The van der Waals surface area contributed by atoms with Crippen molar-refractivity contribution in [2.45, 2.75) is 33.3 Å². The van der Waals surface area contributed by atoms with Crippen molar-refractivity contribution < 1.29 is 9.53 Å². The minimum atomic E-state index is -0.375. The average molecular weight is 250 g/mol. The highest BCUT2D eigenvalue weighted by Crippen LogP contribution is 2.18. The molecule has 4 nitrogen and oxygen atoms in total. The molecule has 3 N–H and O–H groups in total. The molecule has 1 aromatic carbocycles. The van der Waals surface area contributed by atoms with Crippen molar-refractivity contribution in [3.63, 3.8) is 0 Å². The first-order chi connectivity index (χ1) is 8.26. The van der Waals surface area contributed by atoms with E-state index in [0.29, 0.717) is 17.8 Å². The van der Waals surface area contributed by atoms with Gasteiger partial charge in [-0.3, -0.25) is 4.79 Å². The number of hydrogen-bond donors (Lipinski definition) is 2. The van der Waals surface area contributed by atoms with Crippen LogP contribution in [0.15, 0.2) is 12.1 Å². The van der Waals surface area contributed by atoms with Gasteiger partial charge in [0.25, 0.3) is 5.91 Å². The van der Waals surface area contributed by atoms with Crippen LogP contribution in [-0.2, 0) is 4.74 Å². The molecule has 100 valence electrons. The van der Waals surface area contributed by atoms with E-state index in [2.05, 4.69) is 5.32 Å². The fraction of sp³-hybridized carbons (Fsp3) is 0.500. The van der Waals surface area contributed by atoms with Crippen LogP contribution in [0.1, 0.15) is 35.3 Å². The number of carbonyl (C=O) groups is 1. The maximum atomic E-state index is 12.1. The van der Waals surface area contributed by atoms with E-state index in [4.69, 9.17) is 10.5 Å². The van der Waals surface area contributed by atoms with Gasteiger partial charge < -0.3 is 15.8 Å². The van der Waals surface area contributed by atoms with E-state index in [-0.39, 0.29) is 11.5 Å². The maximum Gasteiger partial charge on any atom is 0.251 e. The quantitative estimate of drug-likeness (QED) is 0.804. The maximum absolute atomic E-state index is 12.1. The van der Waals surface area contributed by atoms with Gasteiger partial charge in [-0.1, -0.05) is 6.07 Å². The van der Waals surface area contributed by atoms with Gasteiger partial charge in [-0.15, -0.1) is 0 Å². The number of nitrogens with one attached hydrogen (secondary N) is 1. The normalized spacial score (nSPS) is 11.4. The molecule has 0 aromatic heterocycles. The van der Waals surface area contributed by atoms with Crippen LogP contribution in [0.3, 0.4) is 0 Å². The smallest absolute Gasteiger partial charge is 0.251 e. The molecule has 0 saturated carbocycles. The standard InChI is InChI=1S/C14H22N2O2/c1-9-6-10(2)12(15)7-11(9)13(17)16-8-14(3,4)18-5/h6-7H,8,15H2,1-5H3,(H,16,17). The molecule has 0 atom stereocenters. The van der Waals surface area contributed by atoms with Gasteiger partial charge in [0.2, 0.25) is 0 Å². The average Bonchev–Trinajstić information content (AvgIpc) is 2.31. The lowest BCUT2D eigenvalue weighted by molar-refractivity contribution is 0.0228. The fourth-order valence-electron chi connectivity index (χ4n) is 1.57. The van der Waals surface area contributed by atoms with Gasteiger partial charge in [-0.05, 0) is 44.9 Å². The first-order valence-electron chi connectivity index (χ1n) is 5.97. The Morgan fingerprint density at radius 1 is 1.33 bits per heavy atom. The molecular formula is C14H22N2O2. The topological polar surface area (TPSA) is 64.3 Å². The Balaban J connectivity index is 2.82. The van der Waals surface area contributed by atoms with Crippen molar-refractivity contribution in [2.24, 2.45) is 0 Å². The van der Waals surface area contributed by atoms with Crippen LogP contribution in [0.25, 0.3) is 0 Å². The third kappa shape index (κ3) is 3.47. The lowest BCUT2D eigenvalue weighted by atomic mass is 10.0. The zero-order valence-corrected chi connectivity index (χ0v) is 11.8. The zero-order valence-electron chi connectivity index (χ0n) is 11.8. The Kier molecular flexibility index (Phi) is 4.35. The fourth-order valence-corrected chi connectivity index (χ4v) is 1.57. The first kappa shape index (κ1) is 14.5. The van der Waals surface area contributed by atoms with Crippen molar-refractivity contribution in [1.82, 2.24) is 5.32 Å². The van der Waals surface area contributed by atoms with E-state index in [9.17, 15) is 4.79 Å². The molecule has 0 radical (unpaired) electrons. The molecule has 18 heavy (non-hydrogen) atoms. The summed E-state index contributed by atoms with van der Waals surface area (Å²) >= 11 is 0. The van der Waals surface area contributed by atoms with E-state index >= 15 is 0 Å². The Bertz CT molecular complexity index is 453. The zero-order chi connectivity index (χ0) is 13.9. The molecule has 0 unspecified atom stereocenters. The first-order valence-corrected chi connectivity index (χ1v) is 5.97. The van der Waals surface area contributed by atoms with E-state index in [1.807, 2.05) is 33.8 Å². The van der Waals surface area contributed by atoms with Crippen LogP contribution in [0.4, 0.5) is 5.69 Å². The predicted octanol–water partition coefficient (Wildman–Crippen LogP) is 2.04. The minimum absolute atomic E-state index is 0.121. The second kappa shape index (κ2) is 5.40. The number of aryl methyl sites for hydroxylation is 2. The summed E-state index contributed by atoms with van der Waals surface area (Å²) in [5.41, 5.74) is 8.62. The van der Waals surface area contributed by atoms with Crippen LogP contribution in [-0.4, -0.2) is 25.2 Å².